The Labute approximate surface area is 195 Å². The van der Waals surface area contributed by atoms with Crippen LogP contribution >= 0.6 is 12.2 Å². The zero-order chi connectivity index (χ0) is 22.2. The van der Waals surface area contributed by atoms with E-state index in [1.165, 1.54) is 28.2 Å². The zero-order valence-corrected chi connectivity index (χ0v) is 19.7. The lowest BCUT2D eigenvalue weighted by atomic mass is 9.96. The number of pyridine rings is 1. The van der Waals surface area contributed by atoms with Gasteiger partial charge in [0.2, 0.25) is 0 Å². The van der Waals surface area contributed by atoms with Crippen LogP contribution in [0.5, 0.6) is 0 Å². The quantitative estimate of drug-likeness (QED) is 0.562. The molecule has 0 saturated carbocycles. The van der Waals surface area contributed by atoms with Crippen molar-refractivity contribution in [1.82, 2.24) is 19.8 Å². The molecule has 166 valence electrons. The fourth-order valence-corrected chi connectivity index (χ4v) is 5.44. The number of nitrogens with one attached hydrogen (secondary N) is 1. The molecule has 3 aromatic rings. The van der Waals surface area contributed by atoms with Gasteiger partial charge in [-0.15, -0.1) is 0 Å². The monoisotopic (exact) mass is 446 g/mol. The molecular formula is C26H30N4OS. The highest BCUT2D eigenvalue weighted by atomic mass is 32.1. The molecule has 2 aliphatic heterocycles. The summed E-state index contributed by atoms with van der Waals surface area (Å²) in [6.07, 6.45) is 4.28. The van der Waals surface area contributed by atoms with E-state index in [9.17, 15) is 0 Å². The molecule has 3 atom stereocenters. The Bertz CT molecular complexity index is 1100. The van der Waals surface area contributed by atoms with Gasteiger partial charge in [-0.25, -0.2) is 0 Å². The summed E-state index contributed by atoms with van der Waals surface area (Å²) in [5, 5.41) is 4.35. The van der Waals surface area contributed by atoms with Gasteiger partial charge >= 0.3 is 0 Å². The van der Waals surface area contributed by atoms with Gasteiger partial charge in [-0.2, -0.15) is 0 Å². The van der Waals surface area contributed by atoms with Crippen molar-refractivity contribution in [2.24, 2.45) is 0 Å². The van der Waals surface area contributed by atoms with E-state index in [-0.39, 0.29) is 18.2 Å². The van der Waals surface area contributed by atoms with Crippen LogP contribution in [0.3, 0.4) is 0 Å². The molecule has 4 heterocycles. The van der Waals surface area contributed by atoms with Crippen LogP contribution < -0.4 is 5.32 Å². The molecule has 5 rings (SSSR count). The molecule has 2 fully saturated rings. The third kappa shape index (κ3) is 3.82. The summed E-state index contributed by atoms with van der Waals surface area (Å²) in [7, 11) is 0. The minimum absolute atomic E-state index is 0.00271. The minimum Gasteiger partial charge on any atom is -0.376 e. The molecule has 0 aliphatic carbocycles. The third-order valence-corrected chi connectivity index (χ3v) is 7.06. The molecule has 2 aromatic heterocycles. The number of hydrogen-bond acceptors (Lipinski definition) is 3. The number of aromatic nitrogens is 2. The van der Waals surface area contributed by atoms with Crippen molar-refractivity contribution >= 4 is 17.3 Å². The lowest BCUT2D eigenvalue weighted by Crippen LogP contribution is -2.36. The fraction of sp³-hybridized carbons (Fsp3) is 0.385. The fourth-order valence-electron chi connectivity index (χ4n) is 5.13. The maximum Gasteiger partial charge on any atom is 0.170 e. The van der Waals surface area contributed by atoms with Gasteiger partial charge in [-0.1, -0.05) is 23.8 Å². The van der Waals surface area contributed by atoms with E-state index in [1.807, 2.05) is 18.3 Å². The molecule has 2 aliphatic rings. The first-order valence-electron chi connectivity index (χ1n) is 11.4. The molecule has 1 aromatic carbocycles. The molecule has 0 radical (unpaired) electrons. The van der Waals surface area contributed by atoms with E-state index in [2.05, 4.69) is 76.9 Å². The van der Waals surface area contributed by atoms with Crippen LogP contribution in [0.25, 0.3) is 5.69 Å². The summed E-state index contributed by atoms with van der Waals surface area (Å²) in [4.78, 5) is 7.00. The molecule has 0 spiro atoms. The number of aryl methyl sites for hydroxylation is 2. The average Bonchev–Trinajstić information content (AvgIpc) is 3.49. The standard InChI is InChI=1S/C26H30N4OS/c1-17-9-11-20(12-10-17)30-18(2)15-22(19(30)3)25-24(23-8-4-5-13-27-23)28-26(32)29(25)16-21-7-6-14-31-21/h4-5,8-13,15,21,24-25H,6-7,14,16H2,1-3H3,(H,28,32)/t21-,24+,25-/m0/s1. The number of rotatable bonds is 5. The second-order valence-corrected chi connectivity index (χ2v) is 9.30. The predicted molar refractivity (Wildman–Crippen MR) is 131 cm³/mol. The molecule has 6 heteroatoms. The van der Waals surface area contributed by atoms with Gasteiger partial charge in [0.1, 0.15) is 0 Å². The lowest BCUT2D eigenvalue weighted by Gasteiger charge is -2.30. The smallest absolute Gasteiger partial charge is 0.170 e. The van der Waals surface area contributed by atoms with E-state index < -0.39 is 0 Å². The van der Waals surface area contributed by atoms with Gasteiger partial charge in [0.15, 0.2) is 5.11 Å². The first kappa shape index (κ1) is 21.2. The molecule has 32 heavy (non-hydrogen) atoms. The van der Waals surface area contributed by atoms with Crippen LogP contribution in [0.1, 0.15) is 53.1 Å². The summed E-state index contributed by atoms with van der Waals surface area (Å²) < 4.78 is 8.32. The highest BCUT2D eigenvalue weighted by Gasteiger charge is 2.42. The number of thiocarbonyl (C=S) groups is 1. The Hall–Kier alpha value is -2.70. The minimum atomic E-state index is -0.00271. The normalized spacial score (nSPS) is 23.0. The highest BCUT2D eigenvalue weighted by Crippen LogP contribution is 2.41. The predicted octanol–water partition coefficient (Wildman–Crippen LogP) is 4.95. The topological polar surface area (TPSA) is 42.3 Å². The average molecular weight is 447 g/mol. The van der Waals surface area contributed by atoms with Crippen LogP contribution in [0.2, 0.25) is 0 Å². The van der Waals surface area contributed by atoms with Crippen LogP contribution in [0, 0.1) is 20.8 Å². The van der Waals surface area contributed by atoms with Crippen molar-refractivity contribution in [3.63, 3.8) is 0 Å². The lowest BCUT2D eigenvalue weighted by molar-refractivity contribution is 0.0842. The van der Waals surface area contributed by atoms with E-state index >= 15 is 0 Å². The molecule has 0 bridgehead atoms. The Morgan fingerprint density at radius 3 is 2.62 bits per heavy atom. The first-order valence-corrected chi connectivity index (χ1v) is 11.8. The molecule has 0 amide bonds. The summed E-state index contributed by atoms with van der Waals surface area (Å²) in [6, 6.07) is 17.2. The van der Waals surface area contributed by atoms with Crippen LogP contribution in [0.4, 0.5) is 0 Å². The molecule has 2 saturated heterocycles. The van der Waals surface area contributed by atoms with Crippen molar-refractivity contribution in [2.45, 2.75) is 51.8 Å². The second kappa shape index (κ2) is 8.68. The van der Waals surface area contributed by atoms with Gasteiger partial charge < -0.3 is 19.5 Å². The second-order valence-electron chi connectivity index (χ2n) is 8.91. The van der Waals surface area contributed by atoms with Gasteiger partial charge in [0.25, 0.3) is 0 Å². The number of nitrogens with zero attached hydrogens (tertiary/aromatic N) is 3. The summed E-state index contributed by atoms with van der Waals surface area (Å²) in [5.41, 5.74) is 7.20. The van der Waals surface area contributed by atoms with Crippen molar-refractivity contribution in [3.05, 3.63) is 82.9 Å². The SMILES string of the molecule is Cc1ccc(-n2c(C)cc([C@H]3[C@@H](c4ccccn4)NC(=S)N3C[C@@H]3CCCO3)c2C)cc1. The van der Waals surface area contributed by atoms with E-state index in [4.69, 9.17) is 17.0 Å². The largest absolute Gasteiger partial charge is 0.376 e. The van der Waals surface area contributed by atoms with Crippen molar-refractivity contribution < 1.29 is 4.74 Å². The Kier molecular flexibility index (Phi) is 5.74. The molecule has 1 N–H and O–H groups in total. The van der Waals surface area contributed by atoms with Crippen molar-refractivity contribution in [1.29, 1.82) is 0 Å². The van der Waals surface area contributed by atoms with Crippen LogP contribution in [-0.4, -0.2) is 38.8 Å². The van der Waals surface area contributed by atoms with Gasteiger partial charge in [0, 0.05) is 36.4 Å². The van der Waals surface area contributed by atoms with Gasteiger partial charge in [0.05, 0.1) is 23.9 Å². The number of benzene rings is 1. The van der Waals surface area contributed by atoms with Crippen LogP contribution in [-0.2, 0) is 4.74 Å². The molecular weight excluding hydrogens is 416 g/mol. The number of ether oxygens (including phenoxy) is 1. The summed E-state index contributed by atoms with van der Waals surface area (Å²) in [6.45, 7) is 8.15. The molecule has 5 nitrogen and oxygen atoms in total. The van der Waals surface area contributed by atoms with Crippen molar-refractivity contribution in [3.8, 4) is 5.69 Å². The summed E-state index contributed by atoms with van der Waals surface area (Å²) in [5.74, 6) is 0. The zero-order valence-electron chi connectivity index (χ0n) is 18.9. The van der Waals surface area contributed by atoms with Crippen molar-refractivity contribution in [2.75, 3.05) is 13.2 Å². The number of hydrogen-bond donors (Lipinski definition) is 1. The maximum absolute atomic E-state index is 5.98. The summed E-state index contributed by atoms with van der Waals surface area (Å²) >= 11 is 5.84. The van der Waals surface area contributed by atoms with E-state index in [0.717, 1.165) is 36.8 Å². The maximum atomic E-state index is 5.98. The van der Waals surface area contributed by atoms with E-state index in [1.54, 1.807) is 0 Å². The Morgan fingerprint density at radius 2 is 1.94 bits per heavy atom. The van der Waals surface area contributed by atoms with E-state index in [0.29, 0.717) is 0 Å². The Balaban J connectivity index is 1.58. The molecule has 0 unspecified atom stereocenters. The third-order valence-electron chi connectivity index (χ3n) is 6.70. The first-order chi connectivity index (χ1) is 15.5. The highest BCUT2D eigenvalue weighted by molar-refractivity contribution is 7.80. The Morgan fingerprint density at radius 1 is 1.12 bits per heavy atom. The van der Waals surface area contributed by atoms with Gasteiger partial charge in [-0.05, 0) is 81.7 Å². The van der Waals surface area contributed by atoms with Crippen LogP contribution in [0.15, 0.2) is 54.7 Å². The van der Waals surface area contributed by atoms with Gasteiger partial charge in [-0.3, -0.25) is 4.98 Å².